The molecule has 8 heteroatoms. The minimum Gasteiger partial charge on any atom is -0.451 e. The van der Waals surface area contributed by atoms with Crippen molar-refractivity contribution in [2.45, 2.75) is 0 Å². The Morgan fingerprint density at radius 2 is 1.42 bits per heavy atom. The van der Waals surface area contributed by atoms with E-state index in [1.165, 1.54) is 42.5 Å². The molecule has 33 heavy (non-hydrogen) atoms. The van der Waals surface area contributed by atoms with Gasteiger partial charge in [0.25, 0.3) is 11.6 Å². The average Bonchev–Trinajstić information content (AvgIpc) is 3.33. The lowest BCUT2D eigenvalue weighted by atomic mass is 9.84. The van der Waals surface area contributed by atoms with Crippen molar-refractivity contribution in [3.63, 3.8) is 0 Å². The molecule has 0 radical (unpaired) electrons. The molecule has 1 aromatic heterocycles. The van der Waals surface area contributed by atoms with E-state index in [2.05, 4.69) is 5.32 Å². The Kier molecular flexibility index (Phi) is 4.68. The highest BCUT2D eigenvalue weighted by molar-refractivity contribution is 6.28. The maximum atomic E-state index is 12.9. The van der Waals surface area contributed by atoms with Gasteiger partial charge in [0.15, 0.2) is 17.3 Å². The Hall–Kier alpha value is -4.85. The lowest BCUT2D eigenvalue weighted by molar-refractivity contribution is -0.384. The first kappa shape index (κ1) is 20.1. The summed E-state index contributed by atoms with van der Waals surface area (Å²) in [6, 6.07) is 20.0. The van der Waals surface area contributed by atoms with Crippen molar-refractivity contribution < 1.29 is 23.7 Å². The standard InChI is InChI=1S/C25H14N2O6/c28-23-17-3-1-2-4-18(17)24(29)20-13-15(7-10-19(20)23)26-25(30)22-12-11-21(33-22)14-5-8-16(9-6-14)27(31)32/h1-13H,(H,26,30). The van der Waals surface area contributed by atoms with Gasteiger partial charge in [-0.2, -0.15) is 0 Å². The number of nitrogens with one attached hydrogen (secondary N) is 1. The van der Waals surface area contributed by atoms with Gasteiger partial charge in [0.2, 0.25) is 0 Å². The van der Waals surface area contributed by atoms with E-state index in [0.717, 1.165) is 0 Å². The zero-order valence-electron chi connectivity index (χ0n) is 16.9. The molecular formula is C25H14N2O6. The van der Waals surface area contributed by atoms with E-state index in [1.807, 2.05) is 0 Å². The van der Waals surface area contributed by atoms with Crippen LogP contribution in [0.25, 0.3) is 11.3 Å². The molecule has 0 bridgehead atoms. The van der Waals surface area contributed by atoms with Crippen LogP contribution >= 0.6 is 0 Å². The van der Waals surface area contributed by atoms with Gasteiger partial charge in [-0.05, 0) is 42.5 Å². The monoisotopic (exact) mass is 438 g/mol. The minimum atomic E-state index is -0.543. The Morgan fingerprint density at radius 1 is 0.788 bits per heavy atom. The lowest BCUT2D eigenvalue weighted by Crippen LogP contribution is -2.21. The van der Waals surface area contributed by atoms with Crippen LogP contribution in [0.3, 0.4) is 0 Å². The molecule has 0 atom stereocenters. The molecule has 1 N–H and O–H groups in total. The van der Waals surface area contributed by atoms with Crippen molar-refractivity contribution in [2.24, 2.45) is 0 Å². The number of hydrogen-bond donors (Lipinski definition) is 1. The molecule has 0 aliphatic heterocycles. The van der Waals surface area contributed by atoms with E-state index in [9.17, 15) is 24.5 Å². The first-order chi connectivity index (χ1) is 15.9. The Balaban J connectivity index is 1.38. The Labute approximate surface area is 186 Å². The fourth-order valence-electron chi connectivity index (χ4n) is 3.73. The molecule has 0 spiro atoms. The van der Waals surface area contributed by atoms with Crippen LogP contribution in [0.2, 0.25) is 0 Å². The smallest absolute Gasteiger partial charge is 0.291 e. The largest absolute Gasteiger partial charge is 0.451 e. The SMILES string of the molecule is O=C(Nc1ccc2c(c1)C(=O)c1ccccc1C2=O)c1ccc(-c2ccc([N+](=O)[O-])cc2)o1. The van der Waals surface area contributed by atoms with Gasteiger partial charge >= 0.3 is 0 Å². The molecule has 0 fully saturated rings. The highest BCUT2D eigenvalue weighted by Crippen LogP contribution is 2.30. The maximum Gasteiger partial charge on any atom is 0.291 e. The maximum absolute atomic E-state index is 12.9. The molecule has 0 saturated heterocycles. The summed E-state index contributed by atoms with van der Waals surface area (Å²) >= 11 is 0. The van der Waals surface area contributed by atoms with Crippen LogP contribution < -0.4 is 5.32 Å². The number of nitro groups is 1. The molecule has 4 aromatic rings. The number of nitro benzene ring substituents is 1. The number of amides is 1. The van der Waals surface area contributed by atoms with Crippen LogP contribution in [-0.2, 0) is 0 Å². The summed E-state index contributed by atoms with van der Waals surface area (Å²) in [6.07, 6.45) is 0. The van der Waals surface area contributed by atoms with E-state index in [-0.39, 0.29) is 34.1 Å². The summed E-state index contributed by atoms with van der Waals surface area (Å²) in [4.78, 5) is 48.5. The quantitative estimate of drug-likeness (QED) is 0.315. The van der Waals surface area contributed by atoms with Gasteiger partial charge in [0, 0.05) is 45.6 Å². The van der Waals surface area contributed by atoms with Crippen molar-refractivity contribution >= 4 is 28.8 Å². The summed E-state index contributed by atoms with van der Waals surface area (Å²) in [7, 11) is 0. The number of anilines is 1. The van der Waals surface area contributed by atoms with E-state index in [0.29, 0.717) is 28.1 Å². The molecule has 1 amide bonds. The number of fused-ring (bicyclic) bond motifs is 2. The number of hydrogen-bond acceptors (Lipinski definition) is 6. The predicted molar refractivity (Wildman–Crippen MR) is 119 cm³/mol. The van der Waals surface area contributed by atoms with Gasteiger partial charge in [-0.15, -0.1) is 0 Å². The molecule has 1 aliphatic rings. The Morgan fingerprint density at radius 3 is 2.09 bits per heavy atom. The fourth-order valence-corrected chi connectivity index (χ4v) is 3.73. The highest BCUT2D eigenvalue weighted by Gasteiger charge is 2.29. The normalized spacial score (nSPS) is 12.1. The zero-order valence-corrected chi connectivity index (χ0v) is 16.9. The van der Waals surface area contributed by atoms with Gasteiger partial charge in [-0.1, -0.05) is 24.3 Å². The summed E-state index contributed by atoms with van der Waals surface area (Å²) in [5.41, 5.74) is 2.08. The van der Waals surface area contributed by atoms with E-state index in [4.69, 9.17) is 4.42 Å². The van der Waals surface area contributed by atoms with E-state index >= 15 is 0 Å². The summed E-state index contributed by atoms with van der Waals surface area (Å²) in [6.45, 7) is 0. The van der Waals surface area contributed by atoms with Crippen LogP contribution in [0, 0.1) is 10.1 Å². The van der Waals surface area contributed by atoms with Crippen molar-refractivity contribution in [2.75, 3.05) is 5.32 Å². The van der Waals surface area contributed by atoms with Crippen molar-refractivity contribution in [1.29, 1.82) is 0 Å². The number of rotatable bonds is 4. The average molecular weight is 438 g/mol. The van der Waals surface area contributed by atoms with Gasteiger partial charge in [0.1, 0.15) is 5.76 Å². The van der Waals surface area contributed by atoms with Crippen LogP contribution in [0.4, 0.5) is 11.4 Å². The molecule has 1 aliphatic carbocycles. The summed E-state index contributed by atoms with van der Waals surface area (Å²) in [5.74, 6) is -0.670. The first-order valence-corrected chi connectivity index (χ1v) is 9.91. The Bertz CT molecular complexity index is 1470. The highest BCUT2D eigenvalue weighted by atomic mass is 16.6. The molecule has 0 saturated carbocycles. The third kappa shape index (κ3) is 3.49. The number of carbonyl (C=O) groups is 3. The topological polar surface area (TPSA) is 120 Å². The predicted octanol–water partition coefficient (Wildman–Crippen LogP) is 4.88. The van der Waals surface area contributed by atoms with Gasteiger partial charge in [0.05, 0.1) is 4.92 Å². The number of carbonyl (C=O) groups excluding carboxylic acids is 3. The van der Waals surface area contributed by atoms with Crippen molar-refractivity contribution in [3.8, 4) is 11.3 Å². The number of nitrogens with zero attached hydrogens (tertiary/aromatic N) is 1. The molecule has 0 unspecified atom stereocenters. The summed E-state index contributed by atoms with van der Waals surface area (Å²) in [5, 5.41) is 13.5. The van der Waals surface area contributed by atoms with Crippen molar-refractivity contribution in [3.05, 3.63) is 117 Å². The number of benzene rings is 3. The molecule has 160 valence electrons. The van der Waals surface area contributed by atoms with Crippen molar-refractivity contribution in [1.82, 2.24) is 0 Å². The van der Waals surface area contributed by atoms with Gasteiger partial charge < -0.3 is 9.73 Å². The molecule has 8 nitrogen and oxygen atoms in total. The molecule has 5 rings (SSSR count). The van der Waals surface area contributed by atoms with E-state index < -0.39 is 10.8 Å². The third-order valence-electron chi connectivity index (χ3n) is 5.38. The molecule has 1 heterocycles. The second-order valence-electron chi connectivity index (χ2n) is 7.39. The van der Waals surface area contributed by atoms with Crippen LogP contribution in [-0.4, -0.2) is 22.4 Å². The first-order valence-electron chi connectivity index (χ1n) is 9.91. The van der Waals surface area contributed by atoms with Crippen LogP contribution in [0.15, 0.2) is 83.3 Å². The number of ketones is 2. The second kappa shape index (κ2) is 7.69. The van der Waals surface area contributed by atoms with Gasteiger partial charge in [-0.3, -0.25) is 24.5 Å². The number of furan rings is 1. The summed E-state index contributed by atoms with van der Waals surface area (Å²) < 4.78 is 5.60. The third-order valence-corrected chi connectivity index (χ3v) is 5.38. The van der Waals surface area contributed by atoms with E-state index in [1.54, 1.807) is 36.4 Å². The van der Waals surface area contributed by atoms with Crippen LogP contribution in [0.5, 0.6) is 0 Å². The van der Waals surface area contributed by atoms with Crippen LogP contribution in [0.1, 0.15) is 42.4 Å². The minimum absolute atomic E-state index is 0.0221. The fraction of sp³-hybridized carbons (Fsp3) is 0. The lowest BCUT2D eigenvalue weighted by Gasteiger charge is -2.18. The molecule has 3 aromatic carbocycles. The van der Waals surface area contributed by atoms with Gasteiger partial charge in [-0.25, -0.2) is 0 Å². The zero-order chi connectivity index (χ0) is 23.1. The molecular weight excluding hydrogens is 424 g/mol. The second-order valence-corrected chi connectivity index (χ2v) is 7.39. The number of non-ortho nitro benzene ring substituents is 1.